The Bertz CT molecular complexity index is 238. The van der Waals surface area contributed by atoms with Crippen molar-refractivity contribution in [3.63, 3.8) is 0 Å². The molecule has 0 aliphatic heterocycles. The summed E-state index contributed by atoms with van der Waals surface area (Å²) in [5.41, 5.74) is 10.5. The molecule has 1 aromatic heterocycles. The molecule has 0 bridgehead atoms. The van der Waals surface area contributed by atoms with Gasteiger partial charge in [-0.05, 0) is 0 Å². The summed E-state index contributed by atoms with van der Waals surface area (Å²) < 4.78 is 0. The monoisotopic (exact) mass is 153 g/mol. The molecule has 0 saturated heterocycles. The average molecular weight is 153 g/mol. The summed E-state index contributed by atoms with van der Waals surface area (Å²) >= 11 is 0. The Morgan fingerprint density at radius 3 is 1.91 bits per heavy atom. The van der Waals surface area contributed by atoms with E-state index in [0.717, 1.165) is 6.08 Å². The van der Waals surface area contributed by atoms with E-state index in [4.69, 9.17) is 21.7 Å². The van der Waals surface area contributed by atoms with Crippen LogP contribution in [0.15, 0.2) is 12.4 Å². The molecule has 0 aromatic carbocycles. The standard InChI is InChI=1S/C4H6N4.CHNO/c5-3-1-4(6)8-2-7-3;2-1-3/h1-2H,(H4,5,6,7,8);2H. The van der Waals surface area contributed by atoms with Crippen LogP contribution in [-0.2, 0) is 4.79 Å². The van der Waals surface area contributed by atoms with Crippen molar-refractivity contribution in [3.05, 3.63) is 12.4 Å². The van der Waals surface area contributed by atoms with Crippen LogP contribution >= 0.6 is 0 Å². The van der Waals surface area contributed by atoms with E-state index in [1.807, 2.05) is 0 Å². The van der Waals surface area contributed by atoms with Crippen molar-refractivity contribution < 1.29 is 4.79 Å². The molecule has 0 unspecified atom stereocenters. The lowest BCUT2D eigenvalue weighted by molar-refractivity contribution is 0.563. The third kappa shape index (κ3) is 4.56. The summed E-state index contributed by atoms with van der Waals surface area (Å²) in [4.78, 5) is 15.6. The molecule has 6 nitrogen and oxygen atoms in total. The first-order valence-electron chi connectivity index (χ1n) is 2.57. The van der Waals surface area contributed by atoms with Crippen LogP contribution in [-0.4, -0.2) is 16.0 Å². The molecular formula is C5H7N5O. The summed E-state index contributed by atoms with van der Waals surface area (Å²) in [6, 6.07) is 1.50. The first-order chi connectivity index (χ1) is 5.20. The molecule has 0 atom stereocenters. The predicted molar refractivity (Wildman–Crippen MR) is 39.3 cm³/mol. The third-order valence-electron chi connectivity index (χ3n) is 0.709. The molecule has 6 heteroatoms. The lowest BCUT2D eigenvalue weighted by atomic mass is 10.5. The predicted octanol–water partition coefficient (Wildman–Crippen LogP) is -0.458. The van der Waals surface area contributed by atoms with E-state index < -0.39 is 0 Å². The minimum atomic E-state index is 0.400. The zero-order valence-corrected chi connectivity index (χ0v) is 5.61. The SMILES string of the molecule is N=C=O.Nc1cc(N)ncn1. The first-order valence-corrected chi connectivity index (χ1v) is 2.57. The van der Waals surface area contributed by atoms with Gasteiger partial charge in [0.15, 0.2) is 0 Å². The zero-order valence-electron chi connectivity index (χ0n) is 5.61. The van der Waals surface area contributed by atoms with Crippen molar-refractivity contribution in [1.82, 2.24) is 9.97 Å². The number of nitrogen functional groups attached to an aromatic ring is 2. The normalized spacial score (nSPS) is 7.27. The Labute approximate surface area is 62.8 Å². The minimum absolute atomic E-state index is 0.400. The van der Waals surface area contributed by atoms with Crippen molar-refractivity contribution in [2.24, 2.45) is 0 Å². The number of isocyanates is 1. The fourth-order valence-corrected chi connectivity index (χ4v) is 0.388. The van der Waals surface area contributed by atoms with E-state index in [1.165, 1.54) is 12.4 Å². The van der Waals surface area contributed by atoms with Gasteiger partial charge in [-0.15, -0.1) is 0 Å². The van der Waals surface area contributed by atoms with E-state index in [9.17, 15) is 0 Å². The largest absolute Gasteiger partial charge is 0.384 e. The van der Waals surface area contributed by atoms with Crippen LogP contribution in [0, 0.1) is 5.41 Å². The maximum absolute atomic E-state index is 8.35. The van der Waals surface area contributed by atoms with E-state index in [-0.39, 0.29) is 0 Å². The van der Waals surface area contributed by atoms with Gasteiger partial charge < -0.3 is 11.5 Å². The van der Waals surface area contributed by atoms with Crippen LogP contribution < -0.4 is 11.5 Å². The summed E-state index contributed by atoms with van der Waals surface area (Å²) in [6.45, 7) is 0. The van der Waals surface area contributed by atoms with Crippen LogP contribution in [0.2, 0.25) is 0 Å². The Morgan fingerprint density at radius 1 is 1.36 bits per heavy atom. The lowest BCUT2D eigenvalue weighted by Gasteiger charge is -1.89. The molecule has 11 heavy (non-hydrogen) atoms. The molecule has 0 spiro atoms. The van der Waals surface area contributed by atoms with E-state index in [1.54, 1.807) is 0 Å². The van der Waals surface area contributed by atoms with Crippen molar-refractivity contribution in [2.75, 3.05) is 11.5 Å². The van der Waals surface area contributed by atoms with Gasteiger partial charge >= 0.3 is 0 Å². The van der Waals surface area contributed by atoms with E-state index >= 15 is 0 Å². The number of nitrogens with two attached hydrogens (primary N) is 2. The van der Waals surface area contributed by atoms with Crippen molar-refractivity contribution in [2.45, 2.75) is 0 Å². The fourth-order valence-electron chi connectivity index (χ4n) is 0.388. The van der Waals surface area contributed by atoms with Crippen LogP contribution in [0.1, 0.15) is 0 Å². The number of rotatable bonds is 0. The van der Waals surface area contributed by atoms with Crippen molar-refractivity contribution in [3.8, 4) is 0 Å². The van der Waals surface area contributed by atoms with E-state index in [2.05, 4.69) is 9.97 Å². The molecule has 0 saturated carbocycles. The molecule has 1 aromatic rings. The van der Waals surface area contributed by atoms with Crippen molar-refractivity contribution in [1.29, 1.82) is 5.41 Å². The van der Waals surface area contributed by atoms with E-state index in [0.29, 0.717) is 11.6 Å². The molecule has 1 heterocycles. The Hall–Kier alpha value is -1.94. The van der Waals surface area contributed by atoms with Gasteiger partial charge in [-0.2, -0.15) is 0 Å². The molecule has 0 aliphatic carbocycles. The number of nitrogens with zero attached hydrogens (tertiary/aromatic N) is 2. The number of carbonyl (C=O) groups excluding carboxylic acids is 1. The number of nitrogens with one attached hydrogen (secondary N) is 1. The van der Waals surface area contributed by atoms with Gasteiger partial charge in [0.2, 0.25) is 6.08 Å². The second-order valence-electron chi connectivity index (χ2n) is 1.47. The Morgan fingerprint density at radius 2 is 1.73 bits per heavy atom. The van der Waals surface area contributed by atoms with Crippen LogP contribution in [0.3, 0.4) is 0 Å². The molecule has 58 valence electrons. The maximum Gasteiger partial charge on any atom is 0.231 e. The lowest BCUT2D eigenvalue weighted by Crippen LogP contribution is -1.94. The number of hydrogen-bond acceptors (Lipinski definition) is 6. The van der Waals surface area contributed by atoms with Gasteiger partial charge in [0.05, 0.1) is 0 Å². The first kappa shape index (κ1) is 9.06. The second-order valence-corrected chi connectivity index (χ2v) is 1.47. The summed E-state index contributed by atoms with van der Waals surface area (Å²) in [7, 11) is 0. The van der Waals surface area contributed by atoms with Crippen LogP contribution in [0.4, 0.5) is 11.6 Å². The maximum atomic E-state index is 8.35. The highest BCUT2D eigenvalue weighted by molar-refractivity contribution is 5.38. The highest BCUT2D eigenvalue weighted by Crippen LogP contribution is 1.97. The van der Waals surface area contributed by atoms with Gasteiger partial charge in [-0.1, -0.05) is 0 Å². The average Bonchev–Trinajstić information content (AvgIpc) is 1.88. The third-order valence-corrected chi connectivity index (χ3v) is 0.709. The number of hydrogen-bond donors (Lipinski definition) is 3. The molecule has 0 aliphatic rings. The quantitative estimate of drug-likeness (QED) is 0.344. The zero-order chi connectivity index (χ0) is 8.69. The number of aromatic nitrogens is 2. The number of anilines is 2. The van der Waals surface area contributed by atoms with Crippen LogP contribution in [0.5, 0.6) is 0 Å². The van der Waals surface area contributed by atoms with Gasteiger partial charge in [0.25, 0.3) is 0 Å². The molecule has 0 radical (unpaired) electrons. The minimum Gasteiger partial charge on any atom is -0.384 e. The van der Waals surface area contributed by atoms with Gasteiger partial charge in [-0.3, -0.25) is 0 Å². The summed E-state index contributed by atoms with van der Waals surface area (Å²) in [6.07, 6.45) is 2.07. The fraction of sp³-hybridized carbons (Fsp3) is 0. The molecular weight excluding hydrogens is 146 g/mol. The summed E-state index contributed by atoms with van der Waals surface area (Å²) in [5.74, 6) is 0.801. The van der Waals surface area contributed by atoms with Gasteiger partial charge in [-0.25, -0.2) is 20.2 Å². The Kier molecular flexibility index (Phi) is 4.03. The smallest absolute Gasteiger partial charge is 0.231 e. The van der Waals surface area contributed by atoms with Crippen molar-refractivity contribution >= 4 is 17.7 Å². The Balaban J connectivity index is 0.000000292. The van der Waals surface area contributed by atoms with Gasteiger partial charge in [0.1, 0.15) is 18.0 Å². The highest BCUT2D eigenvalue weighted by atomic mass is 16.1. The van der Waals surface area contributed by atoms with Gasteiger partial charge in [0, 0.05) is 6.07 Å². The summed E-state index contributed by atoms with van der Waals surface area (Å²) in [5, 5.41) is 5.40. The molecule has 5 N–H and O–H groups in total. The molecule has 0 amide bonds. The molecule has 0 fully saturated rings. The molecule has 1 rings (SSSR count). The topological polar surface area (TPSA) is 119 Å². The second kappa shape index (κ2) is 4.89. The highest BCUT2D eigenvalue weighted by Gasteiger charge is 1.84. The van der Waals surface area contributed by atoms with Crippen LogP contribution in [0.25, 0.3) is 0 Å².